The number of rotatable bonds is 6. The van der Waals surface area contributed by atoms with Gasteiger partial charge >= 0.3 is 5.97 Å². The summed E-state index contributed by atoms with van der Waals surface area (Å²) >= 11 is 1.23. The van der Waals surface area contributed by atoms with Crippen LogP contribution in [-0.2, 0) is 4.79 Å². The number of benzene rings is 2. The monoisotopic (exact) mass is 423 g/mol. The van der Waals surface area contributed by atoms with Crippen molar-refractivity contribution in [1.82, 2.24) is 4.98 Å². The van der Waals surface area contributed by atoms with Gasteiger partial charge in [0.25, 0.3) is 5.91 Å². The normalized spacial score (nSPS) is 10.8. The van der Waals surface area contributed by atoms with Gasteiger partial charge in [0.05, 0.1) is 12.7 Å². The summed E-state index contributed by atoms with van der Waals surface area (Å²) in [5.41, 5.74) is 0.524. The second-order valence-corrected chi connectivity index (χ2v) is 6.66. The summed E-state index contributed by atoms with van der Waals surface area (Å²) in [6, 6.07) is 11.3. The van der Waals surface area contributed by atoms with E-state index >= 15 is 0 Å². The van der Waals surface area contributed by atoms with Crippen molar-refractivity contribution in [3.8, 4) is 17.6 Å². The number of hydrogen-bond donors (Lipinski definition) is 1. The van der Waals surface area contributed by atoms with Crippen LogP contribution in [0.1, 0.15) is 15.9 Å². The highest BCUT2D eigenvalue weighted by Gasteiger charge is 2.15. The number of halogens is 1. The van der Waals surface area contributed by atoms with E-state index in [0.29, 0.717) is 10.7 Å². The number of hydrogen-bond acceptors (Lipinski definition) is 7. The molecular formula is C21H14FN3O4S. The molecule has 7 nitrogen and oxygen atoms in total. The summed E-state index contributed by atoms with van der Waals surface area (Å²) in [4.78, 5) is 28.4. The topological polar surface area (TPSA) is 101 Å². The second-order valence-electron chi connectivity index (χ2n) is 5.77. The van der Waals surface area contributed by atoms with E-state index in [1.54, 1.807) is 11.4 Å². The maximum atomic E-state index is 13.0. The number of nitriles is 1. The Hall–Kier alpha value is -4.03. The van der Waals surface area contributed by atoms with Crippen LogP contribution in [0.4, 0.5) is 9.52 Å². The first-order valence-corrected chi connectivity index (χ1v) is 9.36. The van der Waals surface area contributed by atoms with Crippen LogP contribution in [0.5, 0.6) is 11.5 Å². The van der Waals surface area contributed by atoms with Crippen LogP contribution >= 0.6 is 11.3 Å². The summed E-state index contributed by atoms with van der Waals surface area (Å²) in [6.07, 6.45) is 2.91. The summed E-state index contributed by atoms with van der Waals surface area (Å²) in [6.45, 7) is 0. The van der Waals surface area contributed by atoms with E-state index in [1.807, 2.05) is 6.07 Å². The molecule has 1 aromatic heterocycles. The quantitative estimate of drug-likeness (QED) is 0.278. The standard InChI is InChI=1S/C21H14FN3O4S/c1-28-18-11-13(10-15(12-23)19(26)25-21-24-8-9-30-21)2-7-17(18)29-20(27)14-3-5-16(22)6-4-14/h2-11H,1H3,(H,24,25,26). The fourth-order valence-electron chi connectivity index (χ4n) is 2.37. The molecule has 0 saturated heterocycles. The van der Waals surface area contributed by atoms with Gasteiger partial charge in [0.2, 0.25) is 0 Å². The lowest BCUT2D eigenvalue weighted by Crippen LogP contribution is -2.13. The van der Waals surface area contributed by atoms with Crippen molar-refractivity contribution in [2.75, 3.05) is 12.4 Å². The van der Waals surface area contributed by atoms with E-state index in [0.717, 1.165) is 12.1 Å². The first-order chi connectivity index (χ1) is 14.5. The van der Waals surface area contributed by atoms with E-state index in [4.69, 9.17) is 9.47 Å². The Morgan fingerprint density at radius 1 is 1.20 bits per heavy atom. The number of aromatic nitrogens is 1. The molecule has 9 heteroatoms. The third-order valence-electron chi connectivity index (χ3n) is 3.80. The number of carbonyl (C=O) groups excluding carboxylic acids is 2. The predicted molar refractivity (Wildman–Crippen MR) is 109 cm³/mol. The van der Waals surface area contributed by atoms with Gasteiger partial charge in [-0.25, -0.2) is 14.2 Å². The van der Waals surface area contributed by atoms with Crippen LogP contribution in [0.2, 0.25) is 0 Å². The smallest absolute Gasteiger partial charge is 0.343 e. The minimum absolute atomic E-state index is 0.134. The van der Waals surface area contributed by atoms with Crippen molar-refractivity contribution in [1.29, 1.82) is 5.26 Å². The lowest BCUT2D eigenvalue weighted by atomic mass is 10.1. The van der Waals surface area contributed by atoms with Gasteiger partial charge in [-0.1, -0.05) is 6.07 Å². The lowest BCUT2D eigenvalue weighted by Gasteiger charge is -2.10. The maximum Gasteiger partial charge on any atom is 0.343 e. The zero-order valence-electron chi connectivity index (χ0n) is 15.6. The van der Waals surface area contributed by atoms with E-state index in [9.17, 15) is 19.2 Å². The fraction of sp³-hybridized carbons (Fsp3) is 0.0476. The van der Waals surface area contributed by atoms with Crippen LogP contribution in [0.25, 0.3) is 6.08 Å². The largest absolute Gasteiger partial charge is 0.493 e. The van der Waals surface area contributed by atoms with E-state index in [2.05, 4.69) is 10.3 Å². The van der Waals surface area contributed by atoms with Crippen molar-refractivity contribution in [2.45, 2.75) is 0 Å². The molecule has 0 saturated carbocycles. The predicted octanol–water partition coefficient (Wildman–Crippen LogP) is 4.06. The van der Waals surface area contributed by atoms with Crippen LogP contribution in [-0.4, -0.2) is 24.0 Å². The van der Waals surface area contributed by atoms with Crippen molar-refractivity contribution >= 4 is 34.4 Å². The molecule has 0 aliphatic carbocycles. The second kappa shape index (κ2) is 9.45. The maximum absolute atomic E-state index is 13.0. The molecule has 0 fully saturated rings. The zero-order chi connectivity index (χ0) is 21.5. The molecule has 1 amide bonds. The Morgan fingerprint density at radius 3 is 2.60 bits per heavy atom. The summed E-state index contributed by atoms with van der Waals surface area (Å²) in [7, 11) is 1.39. The van der Waals surface area contributed by atoms with Gasteiger partial charge in [0.15, 0.2) is 16.6 Å². The fourth-order valence-corrected chi connectivity index (χ4v) is 2.89. The number of nitrogens with zero attached hydrogens (tertiary/aromatic N) is 2. The van der Waals surface area contributed by atoms with Gasteiger partial charge in [0.1, 0.15) is 17.5 Å². The first kappa shape index (κ1) is 20.7. The Kier molecular flexibility index (Phi) is 6.52. The number of amides is 1. The third-order valence-corrected chi connectivity index (χ3v) is 4.49. The lowest BCUT2D eigenvalue weighted by molar-refractivity contribution is -0.112. The molecule has 30 heavy (non-hydrogen) atoms. The average Bonchev–Trinajstić information content (AvgIpc) is 3.26. The molecule has 0 unspecified atom stereocenters. The molecule has 0 spiro atoms. The molecule has 0 radical (unpaired) electrons. The van der Waals surface area contributed by atoms with Gasteiger partial charge in [-0.15, -0.1) is 11.3 Å². The highest BCUT2D eigenvalue weighted by molar-refractivity contribution is 7.13. The molecule has 0 aliphatic heterocycles. The summed E-state index contributed by atoms with van der Waals surface area (Å²) in [5, 5.41) is 13.9. The Balaban J connectivity index is 1.79. The van der Waals surface area contributed by atoms with Crippen molar-refractivity contribution < 1.29 is 23.5 Å². The number of carbonyl (C=O) groups is 2. The zero-order valence-corrected chi connectivity index (χ0v) is 16.4. The van der Waals surface area contributed by atoms with Crippen LogP contribution < -0.4 is 14.8 Å². The molecule has 1 N–H and O–H groups in total. The van der Waals surface area contributed by atoms with Gasteiger partial charge in [0, 0.05) is 11.6 Å². The number of anilines is 1. The molecule has 0 atom stereocenters. The highest BCUT2D eigenvalue weighted by atomic mass is 32.1. The molecule has 3 aromatic rings. The van der Waals surface area contributed by atoms with Crippen LogP contribution in [0, 0.1) is 17.1 Å². The van der Waals surface area contributed by atoms with Crippen LogP contribution in [0.15, 0.2) is 59.6 Å². The molecule has 150 valence electrons. The molecule has 0 bridgehead atoms. The van der Waals surface area contributed by atoms with Crippen molar-refractivity contribution in [3.05, 3.63) is 76.6 Å². The number of thiazole rings is 1. The van der Waals surface area contributed by atoms with Gasteiger partial charge < -0.3 is 9.47 Å². The summed E-state index contributed by atoms with van der Waals surface area (Å²) < 4.78 is 23.6. The van der Waals surface area contributed by atoms with Gasteiger partial charge in [-0.05, 0) is 48.0 Å². The van der Waals surface area contributed by atoms with Crippen molar-refractivity contribution in [2.24, 2.45) is 0 Å². The Labute approximate surface area is 175 Å². The minimum atomic E-state index is -0.683. The molecule has 1 heterocycles. The Bertz CT molecular complexity index is 1140. The minimum Gasteiger partial charge on any atom is -0.493 e. The van der Waals surface area contributed by atoms with Gasteiger partial charge in [-0.2, -0.15) is 5.26 Å². The molecular weight excluding hydrogens is 409 g/mol. The van der Waals surface area contributed by atoms with Gasteiger partial charge in [-0.3, -0.25) is 10.1 Å². The van der Waals surface area contributed by atoms with E-state index < -0.39 is 17.7 Å². The summed E-state index contributed by atoms with van der Waals surface area (Å²) in [5.74, 6) is -1.39. The first-order valence-electron chi connectivity index (χ1n) is 8.48. The SMILES string of the molecule is COc1cc(C=C(C#N)C(=O)Nc2nccs2)ccc1OC(=O)c1ccc(F)cc1. The Morgan fingerprint density at radius 2 is 1.97 bits per heavy atom. The highest BCUT2D eigenvalue weighted by Crippen LogP contribution is 2.30. The average molecular weight is 423 g/mol. The van der Waals surface area contributed by atoms with E-state index in [-0.39, 0.29) is 22.6 Å². The molecule has 3 rings (SSSR count). The molecule has 2 aromatic carbocycles. The molecule has 0 aliphatic rings. The number of ether oxygens (including phenoxy) is 2. The van der Waals surface area contributed by atoms with Crippen molar-refractivity contribution in [3.63, 3.8) is 0 Å². The van der Waals surface area contributed by atoms with E-state index in [1.165, 1.54) is 55.0 Å². The number of nitrogens with one attached hydrogen (secondary N) is 1. The third kappa shape index (κ3) is 5.06. The number of methoxy groups -OCH3 is 1. The number of esters is 1. The van der Waals surface area contributed by atoms with Crippen LogP contribution in [0.3, 0.4) is 0 Å².